The molecule has 2 aromatic carbocycles. The molecule has 3 rings (SSSR count). The zero-order chi connectivity index (χ0) is 19.2. The van der Waals surface area contributed by atoms with E-state index in [0.29, 0.717) is 6.54 Å². The first-order chi connectivity index (χ1) is 13.1. The fourth-order valence-corrected chi connectivity index (χ4v) is 3.06. The second-order valence-electron chi connectivity index (χ2n) is 6.86. The number of nitrogens with one attached hydrogen (secondary N) is 1. The number of carbonyl (C=O) groups is 1. The molecule has 0 spiro atoms. The van der Waals surface area contributed by atoms with Gasteiger partial charge in [-0.1, -0.05) is 37.6 Å². The van der Waals surface area contributed by atoms with Gasteiger partial charge >= 0.3 is 0 Å². The summed E-state index contributed by atoms with van der Waals surface area (Å²) in [7, 11) is 0. The van der Waals surface area contributed by atoms with Crippen LogP contribution in [0.4, 0.5) is 0 Å². The van der Waals surface area contributed by atoms with Gasteiger partial charge in [0.1, 0.15) is 11.6 Å². The van der Waals surface area contributed by atoms with Crippen LogP contribution in [0.15, 0.2) is 42.5 Å². The lowest BCUT2D eigenvalue weighted by Gasteiger charge is -2.11. The average Bonchev–Trinajstić information content (AvgIpc) is 3.03. The van der Waals surface area contributed by atoms with Gasteiger partial charge in [-0.3, -0.25) is 4.79 Å². The summed E-state index contributed by atoms with van der Waals surface area (Å²) in [5, 5.41) is 2.93. The minimum absolute atomic E-state index is 0.000514. The van der Waals surface area contributed by atoms with Gasteiger partial charge in [0.15, 0.2) is 6.61 Å². The Labute approximate surface area is 160 Å². The summed E-state index contributed by atoms with van der Waals surface area (Å²) in [5.74, 6) is 1.48. The summed E-state index contributed by atoms with van der Waals surface area (Å²) in [5.41, 5.74) is 4.21. The summed E-state index contributed by atoms with van der Waals surface area (Å²) >= 11 is 0. The Bertz CT molecular complexity index is 930. The SMILES string of the molecule is CCCCn1c(CNC(=O)COc2cc(C)ccc2C)nc2ccccc21. The van der Waals surface area contributed by atoms with E-state index in [1.54, 1.807) is 0 Å². The number of benzene rings is 2. The molecule has 5 heteroatoms. The number of amides is 1. The summed E-state index contributed by atoms with van der Waals surface area (Å²) in [6.07, 6.45) is 2.19. The predicted octanol–water partition coefficient (Wildman–Crippen LogP) is 4.15. The highest BCUT2D eigenvalue weighted by Crippen LogP contribution is 2.19. The number of fused-ring (bicyclic) bond motifs is 1. The van der Waals surface area contributed by atoms with Crippen LogP contribution in [0, 0.1) is 13.8 Å². The number of hydrogen-bond donors (Lipinski definition) is 1. The monoisotopic (exact) mass is 365 g/mol. The summed E-state index contributed by atoms with van der Waals surface area (Å²) in [6.45, 7) is 7.45. The molecule has 0 aliphatic carbocycles. The zero-order valence-electron chi connectivity index (χ0n) is 16.3. The van der Waals surface area contributed by atoms with E-state index in [9.17, 15) is 4.79 Å². The third-order valence-electron chi connectivity index (χ3n) is 4.61. The second-order valence-corrected chi connectivity index (χ2v) is 6.86. The summed E-state index contributed by atoms with van der Waals surface area (Å²) in [6, 6.07) is 14.1. The first-order valence-corrected chi connectivity index (χ1v) is 9.49. The molecule has 0 saturated carbocycles. The van der Waals surface area contributed by atoms with E-state index in [0.717, 1.165) is 53.1 Å². The van der Waals surface area contributed by atoms with Crippen molar-refractivity contribution in [1.82, 2.24) is 14.9 Å². The molecular formula is C22H27N3O2. The van der Waals surface area contributed by atoms with Gasteiger partial charge < -0.3 is 14.6 Å². The molecule has 1 N–H and O–H groups in total. The maximum atomic E-state index is 12.3. The molecule has 0 aliphatic heterocycles. The Morgan fingerprint density at radius 3 is 2.81 bits per heavy atom. The minimum Gasteiger partial charge on any atom is -0.483 e. The zero-order valence-corrected chi connectivity index (χ0v) is 16.3. The smallest absolute Gasteiger partial charge is 0.258 e. The van der Waals surface area contributed by atoms with E-state index in [1.165, 1.54) is 0 Å². The van der Waals surface area contributed by atoms with E-state index >= 15 is 0 Å². The third-order valence-corrected chi connectivity index (χ3v) is 4.61. The highest BCUT2D eigenvalue weighted by Gasteiger charge is 2.12. The van der Waals surface area contributed by atoms with Gasteiger partial charge in [-0.15, -0.1) is 0 Å². The van der Waals surface area contributed by atoms with Gasteiger partial charge in [0, 0.05) is 6.54 Å². The molecule has 1 amide bonds. The van der Waals surface area contributed by atoms with Gasteiger partial charge in [-0.25, -0.2) is 4.98 Å². The minimum atomic E-state index is -0.148. The van der Waals surface area contributed by atoms with Crippen LogP contribution < -0.4 is 10.1 Å². The Balaban J connectivity index is 1.63. The molecule has 0 radical (unpaired) electrons. The van der Waals surface area contributed by atoms with Crippen molar-refractivity contribution >= 4 is 16.9 Å². The first-order valence-electron chi connectivity index (χ1n) is 9.49. The molecular weight excluding hydrogens is 338 g/mol. The second kappa shape index (κ2) is 8.71. The largest absolute Gasteiger partial charge is 0.483 e. The molecule has 142 valence electrons. The molecule has 27 heavy (non-hydrogen) atoms. The van der Waals surface area contributed by atoms with E-state index < -0.39 is 0 Å². The lowest BCUT2D eigenvalue weighted by atomic mass is 10.1. The number of ether oxygens (including phenoxy) is 1. The molecule has 0 atom stereocenters. The Morgan fingerprint density at radius 1 is 1.19 bits per heavy atom. The van der Waals surface area contributed by atoms with Crippen molar-refractivity contribution in [3.05, 3.63) is 59.4 Å². The number of nitrogens with zero attached hydrogens (tertiary/aromatic N) is 2. The predicted molar refractivity (Wildman–Crippen MR) is 108 cm³/mol. The molecule has 0 aliphatic rings. The normalized spacial score (nSPS) is 10.9. The quantitative estimate of drug-likeness (QED) is 0.652. The highest BCUT2D eigenvalue weighted by molar-refractivity contribution is 5.78. The molecule has 0 saturated heterocycles. The van der Waals surface area contributed by atoms with Gasteiger partial charge in [0.2, 0.25) is 0 Å². The average molecular weight is 365 g/mol. The maximum absolute atomic E-state index is 12.3. The Hall–Kier alpha value is -2.82. The third kappa shape index (κ3) is 4.67. The summed E-state index contributed by atoms with van der Waals surface area (Å²) in [4.78, 5) is 16.9. The van der Waals surface area contributed by atoms with Gasteiger partial charge in [-0.05, 0) is 49.6 Å². The van der Waals surface area contributed by atoms with E-state index in [4.69, 9.17) is 4.74 Å². The van der Waals surface area contributed by atoms with Crippen LogP contribution in [0.2, 0.25) is 0 Å². The molecule has 1 aromatic heterocycles. The van der Waals surface area contributed by atoms with Crippen LogP contribution in [0.5, 0.6) is 5.75 Å². The van der Waals surface area contributed by atoms with Crippen LogP contribution in [0.25, 0.3) is 11.0 Å². The van der Waals surface area contributed by atoms with Crippen molar-refractivity contribution in [3.8, 4) is 5.75 Å². The van der Waals surface area contributed by atoms with Crippen molar-refractivity contribution in [1.29, 1.82) is 0 Å². The fourth-order valence-electron chi connectivity index (χ4n) is 3.06. The van der Waals surface area contributed by atoms with E-state index in [-0.39, 0.29) is 12.5 Å². The molecule has 3 aromatic rings. The molecule has 1 heterocycles. The number of aryl methyl sites for hydroxylation is 3. The number of aromatic nitrogens is 2. The van der Waals surface area contributed by atoms with Gasteiger partial charge in [0.05, 0.1) is 17.6 Å². The molecule has 0 fully saturated rings. The summed E-state index contributed by atoms with van der Waals surface area (Å²) < 4.78 is 7.88. The number of hydrogen-bond acceptors (Lipinski definition) is 3. The Kier molecular flexibility index (Phi) is 6.12. The number of para-hydroxylation sites is 2. The van der Waals surface area contributed by atoms with Crippen molar-refractivity contribution in [2.24, 2.45) is 0 Å². The van der Waals surface area contributed by atoms with E-state index in [1.807, 2.05) is 50.2 Å². The van der Waals surface area contributed by atoms with Gasteiger partial charge in [-0.2, -0.15) is 0 Å². The lowest BCUT2D eigenvalue weighted by molar-refractivity contribution is -0.123. The maximum Gasteiger partial charge on any atom is 0.258 e. The van der Waals surface area contributed by atoms with Gasteiger partial charge in [0.25, 0.3) is 5.91 Å². The van der Waals surface area contributed by atoms with Crippen LogP contribution in [0.1, 0.15) is 36.7 Å². The van der Waals surface area contributed by atoms with Crippen molar-refractivity contribution in [2.45, 2.75) is 46.7 Å². The first kappa shape index (κ1) is 19.0. The van der Waals surface area contributed by atoms with E-state index in [2.05, 4.69) is 27.9 Å². The van der Waals surface area contributed by atoms with Crippen molar-refractivity contribution < 1.29 is 9.53 Å². The number of imidazole rings is 1. The number of rotatable bonds is 8. The van der Waals surface area contributed by atoms with Crippen LogP contribution in [-0.2, 0) is 17.9 Å². The Morgan fingerprint density at radius 2 is 2.00 bits per heavy atom. The van der Waals surface area contributed by atoms with Crippen molar-refractivity contribution in [3.63, 3.8) is 0 Å². The lowest BCUT2D eigenvalue weighted by Crippen LogP contribution is -2.29. The van der Waals surface area contributed by atoms with Crippen LogP contribution in [-0.4, -0.2) is 22.1 Å². The number of unbranched alkanes of at least 4 members (excludes halogenated alkanes) is 1. The van der Waals surface area contributed by atoms with Crippen molar-refractivity contribution in [2.75, 3.05) is 6.61 Å². The standard InChI is InChI=1S/C22H27N3O2/c1-4-5-12-25-19-9-7-6-8-18(19)24-21(25)14-23-22(26)15-27-20-13-16(2)10-11-17(20)3/h6-11,13H,4-5,12,14-15H2,1-3H3,(H,23,26). The van der Waals surface area contributed by atoms with Crippen LogP contribution in [0.3, 0.4) is 0 Å². The van der Waals surface area contributed by atoms with Crippen LogP contribution >= 0.6 is 0 Å². The topological polar surface area (TPSA) is 56.2 Å². The fraction of sp³-hybridized carbons (Fsp3) is 0.364. The molecule has 5 nitrogen and oxygen atoms in total. The highest BCUT2D eigenvalue weighted by atomic mass is 16.5. The molecule has 0 unspecified atom stereocenters. The number of carbonyl (C=O) groups excluding carboxylic acids is 1. The molecule has 0 bridgehead atoms.